The van der Waals surface area contributed by atoms with Crippen LogP contribution in [0.2, 0.25) is 0 Å². The molecule has 0 radical (unpaired) electrons. The first-order chi connectivity index (χ1) is 4.20. The molecule has 0 atom stereocenters. The normalized spacial score (nSPS) is 18.0. The number of allylic oxidation sites excluding steroid dienone is 1. The summed E-state index contributed by atoms with van der Waals surface area (Å²) < 4.78 is 0. The molecule has 1 heterocycles. The maximum absolute atomic E-state index is 10.3. The minimum atomic E-state index is -0.445. The highest BCUT2D eigenvalue weighted by atomic mass is 16.3. The molecular formula is C6H5NO2. The van der Waals surface area contributed by atoms with Crippen LogP contribution in [0.4, 0.5) is 0 Å². The van der Waals surface area contributed by atoms with Gasteiger partial charge in [0.25, 0.3) is 5.91 Å². The van der Waals surface area contributed by atoms with Crippen LogP contribution in [0, 0.1) is 0 Å². The van der Waals surface area contributed by atoms with E-state index in [1.165, 1.54) is 6.21 Å². The van der Waals surface area contributed by atoms with Crippen molar-refractivity contribution in [3.8, 4) is 0 Å². The molecule has 46 valence electrons. The molecule has 0 aromatic heterocycles. The Morgan fingerprint density at radius 1 is 1.67 bits per heavy atom. The van der Waals surface area contributed by atoms with Crippen molar-refractivity contribution in [2.75, 3.05) is 0 Å². The van der Waals surface area contributed by atoms with Gasteiger partial charge in [0.1, 0.15) is 5.76 Å². The fourth-order valence-electron chi connectivity index (χ4n) is 0.455. The summed E-state index contributed by atoms with van der Waals surface area (Å²) in [6, 6.07) is 0. The van der Waals surface area contributed by atoms with Gasteiger partial charge in [0.15, 0.2) is 0 Å². The van der Waals surface area contributed by atoms with Gasteiger partial charge in [0.05, 0.1) is 0 Å². The number of carbonyl (C=O) groups excluding carboxylic acids is 1. The SMILES string of the molecule is C=C1C=NC(=O)C=C1O. The Balaban J connectivity index is 2.95. The number of carbonyl (C=O) groups is 1. The second kappa shape index (κ2) is 1.85. The van der Waals surface area contributed by atoms with Crippen molar-refractivity contribution in [2.45, 2.75) is 0 Å². The molecule has 1 rings (SSSR count). The maximum Gasteiger partial charge on any atom is 0.273 e. The van der Waals surface area contributed by atoms with E-state index >= 15 is 0 Å². The highest BCUT2D eigenvalue weighted by molar-refractivity contribution is 6.03. The first kappa shape index (κ1) is 5.75. The Morgan fingerprint density at radius 3 is 2.78 bits per heavy atom. The monoisotopic (exact) mass is 123 g/mol. The Labute approximate surface area is 52.0 Å². The Hall–Kier alpha value is -1.38. The van der Waals surface area contributed by atoms with Gasteiger partial charge in [0.2, 0.25) is 0 Å². The molecule has 3 nitrogen and oxygen atoms in total. The van der Waals surface area contributed by atoms with E-state index in [1.54, 1.807) is 0 Å². The van der Waals surface area contributed by atoms with Gasteiger partial charge in [-0.15, -0.1) is 0 Å². The summed E-state index contributed by atoms with van der Waals surface area (Å²) in [5.74, 6) is -0.546. The van der Waals surface area contributed by atoms with E-state index in [2.05, 4.69) is 11.6 Å². The van der Waals surface area contributed by atoms with E-state index < -0.39 is 5.91 Å². The van der Waals surface area contributed by atoms with Gasteiger partial charge < -0.3 is 5.11 Å². The Kier molecular flexibility index (Phi) is 1.18. The quantitative estimate of drug-likeness (QED) is 0.512. The van der Waals surface area contributed by atoms with Gasteiger partial charge in [-0.05, 0) is 0 Å². The third-order valence-electron chi connectivity index (χ3n) is 0.937. The molecule has 0 aliphatic carbocycles. The second-order valence-electron chi connectivity index (χ2n) is 1.65. The molecule has 0 spiro atoms. The molecule has 3 heteroatoms. The van der Waals surface area contributed by atoms with Crippen molar-refractivity contribution in [3.63, 3.8) is 0 Å². The third kappa shape index (κ3) is 1.05. The number of hydrogen-bond acceptors (Lipinski definition) is 2. The van der Waals surface area contributed by atoms with Gasteiger partial charge in [-0.1, -0.05) is 6.58 Å². The predicted molar refractivity (Wildman–Crippen MR) is 33.4 cm³/mol. The number of hydrogen-bond donors (Lipinski definition) is 1. The molecule has 9 heavy (non-hydrogen) atoms. The summed E-state index contributed by atoms with van der Waals surface area (Å²) in [5, 5.41) is 8.80. The molecule has 1 amide bonds. The van der Waals surface area contributed by atoms with Gasteiger partial charge in [-0.3, -0.25) is 4.79 Å². The van der Waals surface area contributed by atoms with Crippen LogP contribution in [-0.2, 0) is 4.79 Å². The third-order valence-corrected chi connectivity index (χ3v) is 0.937. The number of nitrogens with zero attached hydrogens (tertiary/aromatic N) is 1. The molecule has 0 aromatic carbocycles. The van der Waals surface area contributed by atoms with Crippen LogP contribution in [0.1, 0.15) is 0 Å². The zero-order valence-corrected chi connectivity index (χ0v) is 4.66. The van der Waals surface area contributed by atoms with Crippen molar-refractivity contribution in [2.24, 2.45) is 4.99 Å². The van der Waals surface area contributed by atoms with Crippen molar-refractivity contribution in [1.29, 1.82) is 0 Å². The van der Waals surface area contributed by atoms with Gasteiger partial charge in [-0.2, -0.15) is 0 Å². The molecule has 0 fully saturated rings. The molecule has 1 aliphatic rings. The summed E-state index contributed by atoms with van der Waals surface area (Å²) in [4.78, 5) is 13.7. The molecule has 0 bridgehead atoms. The van der Waals surface area contributed by atoms with Crippen molar-refractivity contribution in [3.05, 3.63) is 24.0 Å². The van der Waals surface area contributed by atoms with Crippen LogP contribution in [0.15, 0.2) is 29.0 Å². The Morgan fingerprint density at radius 2 is 2.33 bits per heavy atom. The van der Waals surface area contributed by atoms with Crippen LogP contribution in [0.5, 0.6) is 0 Å². The highest BCUT2D eigenvalue weighted by Crippen LogP contribution is 2.05. The number of aliphatic hydroxyl groups is 1. The molecule has 0 saturated heterocycles. The number of aliphatic hydroxyl groups excluding tert-OH is 1. The lowest BCUT2D eigenvalue weighted by atomic mass is 10.2. The van der Waals surface area contributed by atoms with E-state index in [-0.39, 0.29) is 5.76 Å². The van der Waals surface area contributed by atoms with E-state index in [0.29, 0.717) is 5.57 Å². The maximum atomic E-state index is 10.3. The molecular weight excluding hydrogens is 118 g/mol. The molecule has 0 unspecified atom stereocenters. The molecule has 0 aromatic rings. The first-order valence-corrected chi connectivity index (χ1v) is 2.38. The molecule has 0 saturated carbocycles. The molecule has 1 aliphatic heterocycles. The topological polar surface area (TPSA) is 49.7 Å². The second-order valence-corrected chi connectivity index (χ2v) is 1.65. The number of amides is 1. The van der Waals surface area contributed by atoms with Crippen LogP contribution in [0.3, 0.4) is 0 Å². The first-order valence-electron chi connectivity index (χ1n) is 2.38. The lowest BCUT2D eigenvalue weighted by Crippen LogP contribution is -2.01. The van der Waals surface area contributed by atoms with Gasteiger partial charge >= 0.3 is 0 Å². The summed E-state index contributed by atoms with van der Waals surface area (Å²) in [6.07, 6.45) is 2.26. The largest absolute Gasteiger partial charge is 0.507 e. The van der Waals surface area contributed by atoms with Crippen LogP contribution in [-0.4, -0.2) is 17.2 Å². The highest BCUT2D eigenvalue weighted by Gasteiger charge is 2.05. The minimum Gasteiger partial charge on any atom is -0.507 e. The van der Waals surface area contributed by atoms with Crippen molar-refractivity contribution < 1.29 is 9.90 Å². The predicted octanol–water partition coefficient (Wildman–Crippen LogP) is 0.595. The van der Waals surface area contributed by atoms with E-state index in [9.17, 15) is 4.79 Å². The van der Waals surface area contributed by atoms with Crippen molar-refractivity contribution >= 4 is 12.1 Å². The average Bonchev–Trinajstić information content (AvgIpc) is 1.80. The Bertz CT molecular complexity index is 225. The van der Waals surface area contributed by atoms with Gasteiger partial charge in [0, 0.05) is 17.9 Å². The summed E-state index contributed by atoms with van der Waals surface area (Å²) >= 11 is 0. The average molecular weight is 123 g/mol. The van der Waals surface area contributed by atoms with E-state index in [1.807, 2.05) is 0 Å². The molecule has 1 N–H and O–H groups in total. The van der Waals surface area contributed by atoms with Crippen LogP contribution < -0.4 is 0 Å². The lowest BCUT2D eigenvalue weighted by molar-refractivity contribution is -0.113. The van der Waals surface area contributed by atoms with E-state index in [4.69, 9.17) is 5.11 Å². The standard InChI is InChI=1S/C6H5NO2/c1-4-3-7-6(9)2-5(4)8/h2-3,8H,1H2. The smallest absolute Gasteiger partial charge is 0.273 e. The fourth-order valence-corrected chi connectivity index (χ4v) is 0.455. The zero-order chi connectivity index (χ0) is 6.85. The van der Waals surface area contributed by atoms with Gasteiger partial charge in [-0.25, -0.2) is 4.99 Å². The zero-order valence-electron chi connectivity index (χ0n) is 4.66. The number of rotatable bonds is 0. The van der Waals surface area contributed by atoms with Crippen LogP contribution in [0.25, 0.3) is 0 Å². The summed E-state index contributed by atoms with van der Waals surface area (Å²) in [7, 11) is 0. The summed E-state index contributed by atoms with van der Waals surface area (Å²) in [5.41, 5.74) is 0.370. The van der Waals surface area contributed by atoms with Crippen molar-refractivity contribution in [1.82, 2.24) is 0 Å². The number of dihydropyridines is 1. The van der Waals surface area contributed by atoms with Crippen LogP contribution >= 0.6 is 0 Å². The lowest BCUT2D eigenvalue weighted by Gasteiger charge is -1.99. The fraction of sp³-hybridized carbons (Fsp3) is 0. The van der Waals surface area contributed by atoms with E-state index in [0.717, 1.165) is 6.08 Å². The minimum absolute atomic E-state index is 0.102. The summed E-state index contributed by atoms with van der Waals surface area (Å²) in [6.45, 7) is 3.41. The number of aliphatic imine (C=N–C) groups is 1.